The first-order valence-corrected chi connectivity index (χ1v) is 8.65. The second-order valence-corrected chi connectivity index (χ2v) is 6.10. The summed E-state index contributed by atoms with van der Waals surface area (Å²) in [5.74, 6) is 0.259. The van der Waals surface area contributed by atoms with Gasteiger partial charge in [0.05, 0.1) is 38.0 Å². The summed E-state index contributed by atoms with van der Waals surface area (Å²) < 4.78 is 15.5. The van der Waals surface area contributed by atoms with Gasteiger partial charge in [-0.25, -0.2) is 9.59 Å². The van der Waals surface area contributed by atoms with Crippen molar-refractivity contribution >= 4 is 23.6 Å². The first-order valence-electron chi connectivity index (χ1n) is 8.27. The molecule has 0 saturated carbocycles. The van der Waals surface area contributed by atoms with Gasteiger partial charge < -0.3 is 24.8 Å². The number of methoxy groups -OCH3 is 3. The molecular formula is C18H23ClN2O5. The van der Waals surface area contributed by atoms with Crippen LogP contribution in [0.25, 0.3) is 0 Å². The lowest BCUT2D eigenvalue weighted by molar-refractivity contribution is -0.136. The molecule has 142 valence electrons. The summed E-state index contributed by atoms with van der Waals surface area (Å²) in [6, 6.07) is 2.21. The highest BCUT2D eigenvalue weighted by atomic mass is 35.5. The molecule has 0 radical (unpaired) electrons. The number of nitrogens with one attached hydrogen (secondary N) is 2. The molecule has 8 heteroatoms. The van der Waals surface area contributed by atoms with E-state index in [1.165, 1.54) is 21.3 Å². The Balaban J connectivity index is 2.61. The third kappa shape index (κ3) is 3.88. The van der Waals surface area contributed by atoms with Crippen LogP contribution in [0.1, 0.15) is 37.8 Å². The number of unbranched alkanes of at least 4 members (excludes halogenated alkanes) is 1. The largest absolute Gasteiger partial charge is 0.493 e. The third-order valence-corrected chi connectivity index (χ3v) is 4.56. The summed E-state index contributed by atoms with van der Waals surface area (Å²) in [4.78, 5) is 24.6. The van der Waals surface area contributed by atoms with Gasteiger partial charge in [-0.2, -0.15) is 0 Å². The number of esters is 1. The Morgan fingerprint density at radius 3 is 2.54 bits per heavy atom. The number of allylic oxidation sites excluding steroid dienone is 1. The molecule has 0 bridgehead atoms. The van der Waals surface area contributed by atoms with Crippen molar-refractivity contribution in [2.45, 2.75) is 32.2 Å². The van der Waals surface area contributed by atoms with Gasteiger partial charge in [-0.3, -0.25) is 0 Å². The van der Waals surface area contributed by atoms with Gasteiger partial charge in [-0.05, 0) is 18.9 Å². The number of halogens is 1. The van der Waals surface area contributed by atoms with E-state index in [2.05, 4.69) is 10.6 Å². The lowest BCUT2D eigenvalue weighted by atomic mass is 9.93. The van der Waals surface area contributed by atoms with E-state index in [4.69, 9.17) is 25.8 Å². The van der Waals surface area contributed by atoms with Crippen LogP contribution < -0.4 is 20.1 Å². The zero-order chi connectivity index (χ0) is 19.3. The molecule has 1 aliphatic heterocycles. The molecule has 1 aromatic rings. The number of hydrogen-bond donors (Lipinski definition) is 2. The second kappa shape index (κ2) is 8.80. The van der Waals surface area contributed by atoms with Crippen molar-refractivity contribution in [1.82, 2.24) is 10.6 Å². The highest BCUT2D eigenvalue weighted by molar-refractivity contribution is 6.33. The van der Waals surface area contributed by atoms with Crippen molar-refractivity contribution in [3.63, 3.8) is 0 Å². The van der Waals surface area contributed by atoms with Crippen molar-refractivity contribution in [2.24, 2.45) is 0 Å². The van der Waals surface area contributed by atoms with Gasteiger partial charge in [0.25, 0.3) is 0 Å². The van der Waals surface area contributed by atoms with Crippen molar-refractivity contribution in [3.05, 3.63) is 34.0 Å². The van der Waals surface area contributed by atoms with Crippen LogP contribution in [0.3, 0.4) is 0 Å². The Labute approximate surface area is 157 Å². The Morgan fingerprint density at radius 2 is 1.96 bits per heavy atom. The smallest absolute Gasteiger partial charge is 0.337 e. The van der Waals surface area contributed by atoms with Crippen molar-refractivity contribution in [3.8, 4) is 11.5 Å². The number of carbonyl (C=O) groups is 2. The summed E-state index contributed by atoms with van der Waals surface area (Å²) in [5.41, 5.74) is 1.39. The maximum atomic E-state index is 12.4. The fraction of sp³-hybridized carbons (Fsp3) is 0.444. The van der Waals surface area contributed by atoms with E-state index in [-0.39, 0.29) is 5.02 Å². The average Bonchev–Trinajstić information content (AvgIpc) is 2.64. The number of amides is 2. The van der Waals surface area contributed by atoms with Gasteiger partial charge in [0.1, 0.15) is 0 Å². The Morgan fingerprint density at radius 1 is 1.23 bits per heavy atom. The molecule has 0 spiro atoms. The van der Waals surface area contributed by atoms with Crippen LogP contribution >= 0.6 is 11.6 Å². The molecule has 0 fully saturated rings. The summed E-state index contributed by atoms with van der Waals surface area (Å²) in [5, 5.41) is 5.72. The molecule has 26 heavy (non-hydrogen) atoms. The summed E-state index contributed by atoms with van der Waals surface area (Å²) in [7, 11) is 4.28. The molecule has 2 rings (SSSR count). The van der Waals surface area contributed by atoms with Crippen LogP contribution in [0.2, 0.25) is 5.02 Å². The van der Waals surface area contributed by atoms with Crippen molar-refractivity contribution < 1.29 is 23.8 Å². The monoisotopic (exact) mass is 382 g/mol. The maximum absolute atomic E-state index is 12.4. The molecule has 1 heterocycles. The minimum Gasteiger partial charge on any atom is -0.493 e. The Kier molecular flexibility index (Phi) is 6.74. The molecule has 0 aliphatic carbocycles. The fourth-order valence-corrected chi connectivity index (χ4v) is 3.22. The van der Waals surface area contributed by atoms with Crippen LogP contribution in [0.5, 0.6) is 11.5 Å². The number of benzene rings is 1. The highest BCUT2D eigenvalue weighted by Crippen LogP contribution is 2.42. The van der Waals surface area contributed by atoms with E-state index in [0.29, 0.717) is 34.8 Å². The predicted molar refractivity (Wildman–Crippen MR) is 97.5 cm³/mol. The van der Waals surface area contributed by atoms with E-state index in [0.717, 1.165) is 12.8 Å². The third-order valence-electron chi connectivity index (χ3n) is 4.17. The maximum Gasteiger partial charge on any atom is 0.337 e. The lowest BCUT2D eigenvalue weighted by Crippen LogP contribution is -2.46. The molecule has 1 atom stereocenters. The molecule has 1 unspecified atom stereocenters. The quantitative estimate of drug-likeness (QED) is 0.706. The van der Waals surface area contributed by atoms with Crippen LogP contribution in [0.4, 0.5) is 4.79 Å². The Hall–Kier alpha value is -2.41. The minimum atomic E-state index is -0.754. The van der Waals surface area contributed by atoms with Crippen LogP contribution in [0, 0.1) is 0 Å². The number of hydrogen-bond acceptors (Lipinski definition) is 5. The topological polar surface area (TPSA) is 85.9 Å². The van der Waals surface area contributed by atoms with Crippen LogP contribution in [0.15, 0.2) is 23.4 Å². The second-order valence-electron chi connectivity index (χ2n) is 5.72. The van der Waals surface area contributed by atoms with E-state index >= 15 is 0 Å². The lowest BCUT2D eigenvalue weighted by Gasteiger charge is -2.30. The van der Waals surface area contributed by atoms with E-state index in [1.54, 1.807) is 12.1 Å². The van der Waals surface area contributed by atoms with Gasteiger partial charge in [0.15, 0.2) is 11.5 Å². The molecule has 2 N–H and O–H groups in total. The standard InChI is InChI=1S/C18H23ClN2O5/c1-5-6-7-11-13(17(22)26-4)15(21-18(23)20-11)10-8-9-12(24-2)16(25-3)14(10)19/h8-9,15H,5-7H2,1-4H3,(H2,20,21,23). The van der Waals surface area contributed by atoms with E-state index in [1.807, 2.05) is 6.92 Å². The SMILES string of the molecule is CCCCC1=C(C(=O)OC)C(c2ccc(OC)c(OC)c2Cl)NC(=O)N1. The summed E-state index contributed by atoms with van der Waals surface area (Å²) >= 11 is 6.49. The van der Waals surface area contributed by atoms with Gasteiger partial charge in [-0.15, -0.1) is 0 Å². The number of ether oxygens (including phenoxy) is 3. The van der Waals surface area contributed by atoms with Gasteiger partial charge in [0.2, 0.25) is 0 Å². The van der Waals surface area contributed by atoms with Gasteiger partial charge >= 0.3 is 12.0 Å². The molecule has 7 nitrogen and oxygen atoms in total. The van der Waals surface area contributed by atoms with Gasteiger partial charge in [-0.1, -0.05) is 31.0 Å². The Bertz CT molecular complexity index is 733. The predicted octanol–water partition coefficient (Wildman–Crippen LogP) is 3.33. The highest BCUT2D eigenvalue weighted by Gasteiger charge is 2.35. The average molecular weight is 383 g/mol. The number of carbonyl (C=O) groups excluding carboxylic acids is 2. The molecular weight excluding hydrogens is 360 g/mol. The zero-order valence-corrected chi connectivity index (χ0v) is 16.0. The molecule has 2 amide bonds. The number of urea groups is 1. The minimum absolute atomic E-state index is 0.260. The first-order chi connectivity index (χ1) is 12.5. The van der Waals surface area contributed by atoms with Crippen LogP contribution in [-0.4, -0.2) is 33.3 Å². The van der Waals surface area contributed by atoms with E-state index in [9.17, 15) is 9.59 Å². The first kappa shape index (κ1) is 19.9. The van der Waals surface area contributed by atoms with Crippen molar-refractivity contribution in [2.75, 3.05) is 21.3 Å². The van der Waals surface area contributed by atoms with Gasteiger partial charge in [0, 0.05) is 11.3 Å². The number of rotatable bonds is 7. The fourth-order valence-electron chi connectivity index (χ4n) is 2.88. The van der Waals surface area contributed by atoms with Crippen molar-refractivity contribution in [1.29, 1.82) is 0 Å². The molecule has 1 aliphatic rings. The normalized spacial score (nSPS) is 16.7. The summed E-state index contributed by atoms with van der Waals surface area (Å²) in [6.45, 7) is 2.03. The molecule has 0 saturated heterocycles. The molecule has 1 aromatic carbocycles. The molecule has 0 aromatic heterocycles. The summed E-state index contributed by atoms with van der Waals surface area (Å²) in [6.07, 6.45) is 2.29. The van der Waals surface area contributed by atoms with Crippen LogP contribution in [-0.2, 0) is 9.53 Å². The zero-order valence-electron chi connectivity index (χ0n) is 15.3. The van der Waals surface area contributed by atoms with E-state index < -0.39 is 18.0 Å².